The van der Waals surface area contributed by atoms with E-state index in [0.29, 0.717) is 12.5 Å². The highest BCUT2D eigenvalue weighted by atomic mass is 16.5. The minimum absolute atomic E-state index is 0.0599. The van der Waals surface area contributed by atoms with E-state index in [9.17, 15) is 4.79 Å². The first-order valence-corrected chi connectivity index (χ1v) is 7.93. The molecule has 1 saturated heterocycles. The summed E-state index contributed by atoms with van der Waals surface area (Å²) in [5, 5.41) is 6.51. The molecule has 1 aliphatic carbocycles. The Bertz CT molecular complexity index is 473. The number of carbonyl (C=O) groups excluding carboxylic acids is 1. The van der Waals surface area contributed by atoms with Gasteiger partial charge in [-0.2, -0.15) is 0 Å². The van der Waals surface area contributed by atoms with Gasteiger partial charge >= 0.3 is 0 Å². The normalized spacial score (nSPS) is 27.1. The van der Waals surface area contributed by atoms with Crippen molar-refractivity contribution >= 4 is 5.91 Å². The molecule has 1 unspecified atom stereocenters. The predicted molar refractivity (Wildman–Crippen MR) is 82.0 cm³/mol. The lowest BCUT2D eigenvalue weighted by atomic mass is 10.0. The maximum atomic E-state index is 12.5. The van der Waals surface area contributed by atoms with Crippen LogP contribution in [0.2, 0.25) is 0 Å². The number of benzene rings is 1. The highest BCUT2D eigenvalue weighted by molar-refractivity contribution is 5.82. The third kappa shape index (κ3) is 3.83. The SMILES string of the molecule is C[C@H]1OCCN[C@@H]1C(=O)NC(Cc1ccccc1)C1CC1. The summed E-state index contributed by atoms with van der Waals surface area (Å²) in [5.41, 5.74) is 1.29. The van der Waals surface area contributed by atoms with E-state index in [1.807, 2.05) is 13.0 Å². The van der Waals surface area contributed by atoms with Gasteiger partial charge in [-0.05, 0) is 37.7 Å². The van der Waals surface area contributed by atoms with Crippen molar-refractivity contribution in [1.29, 1.82) is 0 Å². The molecule has 4 nitrogen and oxygen atoms in total. The predicted octanol–water partition coefficient (Wildman–Crippen LogP) is 1.50. The summed E-state index contributed by atoms with van der Waals surface area (Å²) in [7, 11) is 0. The Hall–Kier alpha value is -1.39. The second-order valence-electron chi connectivity index (χ2n) is 6.15. The maximum Gasteiger partial charge on any atom is 0.240 e. The number of rotatable bonds is 5. The Morgan fingerprint density at radius 3 is 2.81 bits per heavy atom. The number of morpholine rings is 1. The Balaban J connectivity index is 1.61. The molecule has 1 aromatic carbocycles. The zero-order valence-electron chi connectivity index (χ0n) is 12.5. The molecule has 1 saturated carbocycles. The van der Waals surface area contributed by atoms with Crippen LogP contribution in [-0.4, -0.2) is 37.2 Å². The summed E-state index contributed by atoms with van der Waals surface area (Å²) in [4.78, 5) is 12.5. The van der Waals surface area contributed by atoms with Crippen LogP contribution in [-0.2, 0) is 16.0 Å². The van der Waals surface area contributed by atoms with Gasteiger partial charge in [0.05, 0.1) is 12.7 Å². The van der Waals surface area contributed by atoms with Crippen LogP contribution in [0.25, 0.3) is 0 Å². The molecule has 1 heterocycles. The first-order chi connectivity index (χ1) is 10.2. The van der Waals surface area contributed by atoms with E-state index < -0.39 is 0 Å². The molecule has 2 fully saturated rings. The molecule has 4 heteroatoms. The lowest BCUT2D eigenvalue weighted by molar-refractivity contribution is -0.129. The fourth-order valence-corrected chi connectivity index (χ4v) is 3.00. The molecule has 3 rings (SSSR count). The lowest BCUT2D eigenvalue weighted by Gasteiger charge is -2.31. The second kappa shape index (κ2) is 6.58. The zero-order chi connectivity index (χ0) is 14.7. The highest BCUT2D eigenvalue weighted by Crippen LogP contribution is 2.34. The van der Waals surface area contributed by atoms with E-state index in [2.05, 4.69) is 34.9 Å². The molecule has 3 atom stereocenters. The van der Waals surface area contributed by atoms with Gasteiger partial charge in [0.25, 0.3) is 0 Å². The Kier molecular flexibility index (Phi) is 4.56. The molecule has 1 aliphatic heterocycles. The summed E-state index contributed by atoms with van der Waals surface area (Å²) in [5.74, 6) is 0.712. The van der Waals surface area contributed by atoms with Crippen LogP contribution in [0, 0.1) is 5.92 Å². The molecule has 2 N–H and O–H groups in total. The number of hydrogen-bond acceptors (Lipinski definition) is 3. The van der Waals surface area contributed by atoms with Crippen LogP contribution in [0.5, 0.6) is 0 Å². The van der Waals surface area contributed by atoms with Gasteiger partial charge in [-0.1, -0.05) is 30.3 Å². The van der Waals surface area contributed by atoms with Crippen molar-refractivity contribution in [2.24, 2.45) is 5.92 Å². The molecule has 0 aromatic heterocycles. The molecule has 1 amide bonds. The van der Waals surface area contributed by atoms with Crippen LogP contribution in [0.4, 0.5) is 0 Å². The first-order valence-electron chi connectivity index (χ1n) is 7.93. The van der Waals surface area contributed by atoms with E-state index >= 15 is 0 Å². The molecule has 114 valence electrons. The fraction of sp³-hybridized carbons (Fsp3) is 0.588. The Morgan fingerprint density at radius 2 is 2.14 bits per heavy atom. The van der Waals surface area contributed by atoms with Crippen molar-refractivity contribution in [2.45, 2.75) is 44.4 Å². The van der Waals surface area contributed by atoms with Gasteiger partial charge in [0.1, 0.15) is 6.04 Å². The molecule has 0 bridgehead atoms. The van der Waals surface area contributed by atoms with Crippen molar-refractivity contribution in [3.05, 3.63) is 35.9 Å². The first kappa shape index (κ1) is 14.5. The summed E-state index contributed by atoms with van der Waals surface area (Å²) in [6.45, 7) is 3.38. The van der Waals surface area contributed by atoms with E-state index in [-0.39, 0.29) is 24.1 Å². The molecule has 1 aromatic rings. The van der Waals surface area contributed by atoms with Gasteiger partial charge in [-0.25, -0.2) is 0 Å². The number of hydrogen-bond donors (Lipinski definition) is 2. The van der Waals surface area contributed by atoms with E-state index in [1.54, 1.807) is 0 Å². The van der Waals surface area contributed by atoms with Gasteiger partial charge in [0.15, 0.2) is 0 Å². The fourth-order valence-electron chi connectivity index (χ4n) is 3.00. The number of carbonyl (C=O) groups is 1. The molecule has 21 heavy (non-hydrogen) atoms. The average Bonchev–Trinajstić information content (AvgIpc) is 3.32. The maximum absolute atomic E-state index is 12.5. The molecule has 0 spiro atoms. The van der Waals surface area contributed by atoms with E-state index in [1.165, 1.54) is 18.4 Å². The van der Waals surface area contributed by atoms with Crippen molar-refractivity contribution in [3.8, 4) is 0 Å². The van der Waals surface area contributed by atoms with E-state index in [4.69, 9.17) is 4.74 Å². The second-order valence-corrected chi connectivity index (χ2v) is 6.15. The quantitative estimate of drug-likeness (QED) is 0.863. The molecular weight excluding hydrogens is 264 g/mol. The molecule has 0 radical (unpaired) electrons. The van der Waals surface area contributed by atoms with Gasteiger partial charge in [-0.15, -0.1) is 0 Å². The highest BCUT2D eigenvalue weighted by Gasteiger charge is 2.35. The summed E-state index contributed by atoms with van der Waals surface area (Å²) >= 11 is 0. The molecular formula is C17H24N2O2. The number of nitrogens with one attached hydrogen (secondary N) is 2. The van der Waals surface area contributed by atoms with Gasteiger partial charge in [0, 0.05) is 12.6 Å². The van der Waals surface area contributed by atoms with Crippen molar-refractivity contribution < 1.29 is 9.53 Å². The lowest BCUT2D eigenvalue weighted by Crippen LogP contribution is -2.57. The Morgan fingerprint density at radius 1 is 1.38 bits per heavy atom. The molecule has 2 aliphatic rings. The third-order valence-electron chi connectivity index (χ3n) is 4.42. The number of amides is 1. The monoisotopic (exact) mass is 288 g/mol. The van der Waals surface area contributed by atoms with Gasteiger partial charge in [0.2, 0.25) is 5.91 Å². The summed E-state index contributed by atoms with van der Waals surface area (Å²) in [6, 6.07) is 10.4. The van der Waals surface area contributed by atoms with Gasteiger partial charge in [-0.3, -0.25) is 4.79 Å². The topological polar surface area (TPSA) is 50.4 Å². The number of ether oxygens (including phenoxy) is 1. The van der Waals surface area contributed by atoms with Crippen LogP contribution in [0.1, 0.15) is 25.3 Å². The smallest absolute Gasteiger partial charge is 0.240 e. The minimum Gasteiger partial charge on any atom is -0.375 e. The third-order valence-corrected chi connectivity index (χ3v) is 4.42. The van der Waals surface area contributed by atoms with Crippen LogP contribution in [0.3, 0.4) is 0 Å². The van der Waals surface area contributed by atoms with E-state index in [0.717, 1.165) is 13.0 Å². The Labute approximate surface area is 126 Å². The summed E-state index contributed by atoms with van der Waals surface area (Å²) in [6.07, 6.45) is 3.30. The van der Waals surface area contributed by atoms with Crippen molar-refractivity contribution in [2.75, 3.05) is 13.2 Å². The van der Waals surface area contributed by atoms with Gasteiger partial charge < -0.3 is 15.4 Å². The minimum atomic E-state index is -0.226. The van der Waals surface area contributed by atoms with Crippen LogP contribution in [0.15, 0.2) is 30.3 Å². The van der Waals surface area contributed by atoms with Crippen LogP contribution >= 0.6 is 0 Å². The zero-order valence-corrected chi connectivity index (χ0v) is 12.5. The van der Waals surface area contributed by atoms with Crippen LogP contribution < -0.4 is 10.6 Å². The average molecular weight is 288 g/mol. The standard InChI is InChI=1S/C17H24N2O2/c1-12-16(18-9-10-21-12)17(20)19-15(14-7-8-14)11-13-5-3-2-4-6-13/h2-6,12,14-16,18H,7-11H2,1H3,(H,19,20)/t12-,15?,16+/m1/s1. The largest absolute Gasteiger partial charge is 0.375 e. The summed E-state index contributed by atoms with van der Waals surface area (Å²) < 4.78 is 5.56. The van der Waals surface area contributed by atoms with Crippen molar-refractivity contribution in [3.63, 3.8) is 0 Å². The van der Waals surface area contributed by atoms with Crippen molar-refractivity contribution in [1.82, 2.24) is 10.6 Å².